The molecule has 128 valence electrons. The van der Waals surface area contributed by atoms with Crippen LogP contribution in [-0.4, -0.2) is 17.8 Å². The molecule has 0 atom stereocenters. The first kappa shape index (κ1) is 17.7. The molecule has 0 aliphatic carbocycles. The van der Waals surface area contributed by atoms with Gasteiger partial charge in [-0.1, -0.05) is 29.3 Å². The van der Waals surface area contributed by atoms with E-state index in [4.69, 9.17) is 27.9 Å². The Morgan fingerprint density at radius 2 is 1.88 bits per heavy atom. The zero-order valence-corrected chi connectivity index (χ0v) is 15.9. The zero-order chi connectivity index (χ0) is 17.8. The number of nitrogens with zero attached hydrogens (tertiary/aromatic N) is 2. The predicted octanol–water partition coefficient (Wildman–Crippen LogP) is 5.96. The van der Waals surface area contributed by atoms with E-state index in [0.717, 1.165) is 28.3 Å². The van der Waals surface area contributed by atoms with E-state index < -0.39 is 0 Å². The monoisotopic (exact) mass is 391 g/mol. The lowest BCUT2D eigenvalue weighted by Crippen LogP contribution is -1.99. The zero-order valence-electron chi connectivity index (χ0n) is 13.6. The fraction of sp³-hybridized carbons (Fsp3) is 0.111. The van der Waals surface area contributed by atoms with Gasteiger partial charge in [-0.15, -0.1) is 11.3 Å². The Morgan fingerprint density at radius 3 is 2.56 bits per heavy atom. The molecule has 3 rings (SSSR count). The number of thiazole rings is 1. The highest BCUT2D eigenvalue weighted by Crippen LogP contribution is 2.27. The van der Waals surface area contributed by atoms with E-state index in [0.29, 0.717) is 15.2 Å². The summed E-state index contributed by atoms with van der Waals surface area (Å²) in [4.78, 5) is 4.55. The smallest absolute Gasteiger partial charge is 0.203 e. The minimum Gasteiger partial charge on any atom is -0.497 e. The lowest BCUT2D eigenvalue weighted by atomic mass is 10.1. The average Bonchev–Trinajstić information content (AvgIpc) is 3.11. The first-order valence-electron chi connectivity index (χ1n) is 7.42. The van der Waals surface area contributed by atoms with Gasteiger partial charge >= 0.3 is 0 Å². The molecule has 0 aliphatic rings. The van der Waals surface area contributed by atoms with Crippen LogP contribution in [0.2, 0.25) is 10.0 Å². The number of benzene rings is 2. The van der Waals surface area contributed by atoms with Crippen LogP contribution in [0.5, 0.6) is 5.75 Å². The van der Waals surface area contributed by atoms with Crippen molar-refractivity contribution in [3.05, 3.63) is 63.5 Å². The molecule has 0 spiro atoms. The summed E-state index contributed by atoms with van der Waals surface area (Å²) in [6.07, 6.45) is 0. The van der Waals surface area contributed by atoms with Crippen LogP contribution in [0.4, 0.5) is 5.13 Å². The van der Waals surface area contributed by atoms with Crippen molar-refractivity contribution < 1.29 is 4.74 Å². The third-order valence-electron chi connectivity index (χ3n) is 3.55. The molecule has 0 saturated carbocycles. The molecule has 7 heteroatoms. The van der Waals surface area contributed by atoms with Gasteiger partial charge in [0.05, 0.1) is 28.6 Å². The number of halogens is 2. The molecule has 0 aliphatic heterocycles. The van der Waals surface area contributed by atoms with Crippen LogP contribution in [0, 0.1) is 0 Å². The quantitative estimate of drug-likeness (QED) is 0.430. The Bertz CT molecular complexity index is 907. The van der Waals surface area contributed by atoms with Gasteiger partial charge in [-0.3, -0.25) is 5.43 Å². The summed E-state index contributed by atoms with van der Waals surface area (Å²) < 4.78 is 5.17. The third-order valence-corrected chi connectivity index (χ3v) is 5.03. The number of aromatic nitrogens is 1. The molecule has 0 radical (unpaired) electrons. The van der Waals surface area contributed by atoms with Gasteiger partial charge in [0.25, 0.3) is 0 Å². The molecule has 1 N–H and O–H groups in total. The highest BCUT2D eigenvalue weighted by molar-refractivity contribution is 7.14. The molecular weight excluding hydrogens is 377 g/mol. The Kier molecular flexibility index (Phi) is 5.58. The van der Waals surface area contributed by atoms with Crippen molar-refractivity contribution in [2.24, 2.45) is 5.10 Å². The molecule has 3 aromatic rings. The molecule has 0 saturated heterocycles. The van der Waals surface area contributed by atoms with E-state index in [1.54, 1.807) is 19.2 Å². The van der Waals surface area contributed by atoms with E-state index in [-0.39, 0.29) is 0 Å². The van der Waals surface area contributed by atoms with Gasteiger partial charge in [0, 0.05) is 10.9 Å². The van der Waals surface area contributed by atoms with Crippen molar-refractivity contribution in [2.45, 2.75) is 6.92 Å². The van der Waals surface area contributed by atoms with Gasteiger partial charge in [-0.2, -0.15) is 5.10 Å². The van der Waals surface area contributed by atoms with Crippen LogP contribution < -0.4 is 10.2 Å². The molecule has 4 nitrogen and oxygen atoms in total. The fourth-order valence-corrected chi connectivity index (χ4v) is 3.10. The molecule has 1 heterocycles. The maximum absolute atomic E-state index is 6.04. The highest BCUT2D eigenvalue weighted by Gasteiger charge is 2.06. The lowest BCUT2D eigenvalue weighted by molar-refractivity contribution is 0.415. The Labute approximate surface area is 160 Å². The number of rotatable bonds is 5. The summed E-state index contributed by atoms with van der Waals surface area (Å²) >= 11 is 13.5. The number of methoxy groups -OCH3 is 1. The number of nitrogens with one attached hydrogen (secondary N) is 1. The molecule has 0 bridgehead atoms. The summed E-state index contributed by atoms with van der Waals surface area (Å²) in [5, 5.41) is 8.08. The summed E-state index contributed by atoms with van der Waals surface area (Å²) in [6.45, 7) is 1.89. The van der Waals surface area contributed by atoms with Gasteiger partial charge < -0.3 is 4.74 Å². The van der Waals surface area contributed by atoms with E-state index in [2.05, 4.69) is 15.5 Å². The van der Waals surface area contributed by atoms with Gasteiger partial charge in [-0.25, -0.2) is 4.98 Å². The second kappa shape index (κ2) is 7.87. The van der Waals surface area contributed by atoms with Crippen LogP contribution in [0.3, 0.4) is 0 Å². The van der Waals surface area contributed by atoms with Crippen molar-refractivity contribution in [3.63, 3.8) is 0 Å². The van der Waals surface area contributed by atoms with Crippen LogP contribution in [0.1, 0.15) is 12.5 Å². The summed E-state index contributed by atoms with van der Waals surface area (Å²) in [5.74, 6) is 0.819. The third kappa shape index (κ3) is 4.31. The largest absolute Gasteiger partial charge is 0.497 e. The minimum atomic E-state index is 0.504. The molecule has 0 fully saturated rings. The van der Waals surface area contributed by atoms with Gasteiger partial charge in [0.1, 0.15) is 5.75 Å². The maximum Gasteiger partial charge on any atom is 0.203 e. The van der Waals surface area contributed by atoms with E-state index in [1.807, 2.05) is 42.6 Å². The lowest BCUT2D eigenvalue weighted by Gasteiger charge is -2.03. The van der Waals surface area contributed by atoms with Crippen molar-refractivity contribution in [1.82, 2.24) is 4.98 Å². The van der Waals surface area contributed by atoms with Gasteiger partial charge in [-0.05, 0) is 48.9 Å². The first-order valence-corrected chi connectivity index (χ1v) is 9.06. The molecule has 0 amide bonds. The molecular formula is C18H15Cl2N3OS. The van der Waals surface area contributed by atoms with Crippen LogP contribution >= 0.6 is 34.5 Å². The average molecular weight is 392 g/mol. The second-order valence-corrected chi connectivity index (χ2v) is 6.88. The van der Waals surface area contributed by atoms with E-state index >= 15 is 0 Å². The second-order valence-electron chi connectivity index (χ2n) is 5.20. The summed E-state index contributed by atoms with van der Waals surface area (Å²) in [5.41, 5.74) is 6.58. The Hall–Kier alpha value is -2.08. The molecule has 0 unspecified atom stereocenters. The number of hydrazone groups is 1. The van der Waals surface area contributed by atoms with Crippen molar-refractivity contribution in [3.8, 4) is 17.0 Å². The standard InChI is InChI=1S/C18H15Cl2N3OS/c1-11(13-5-8-15(19)16(20)9-13)22-23-18-21-17(10-25-18)12-3-6-14(24-2)7-4-12/h3-10H,1-2H3,(H,21,23)/b22-11-. The maximum atomic E-state index is 6.04. The number of ether oxygens (including phenoxy) is 1. The van der Waals surface area contributed by atoms with E-state index in [9.17, 15) is 0 Å². The van der Waals surface area contributed by atoms with E-state index in [1.165, 1.54) is 11.3 Å². The first-order chi connectivity index (χ1) is 12.1. The predicted molar refractivity (Wildman–Crippen MR) is 106 cm³/mol. The SMILES string of the molecule is COc1ccc(-c2csc(N/N=C(/C)c3ccc(Cl)c(Cl)c3)n2)cc1. The van der Waals surface area contributed by atoms with Gasteiger partial charge in [0.2, 0.25) is 5.13 Å². The topological polar surface area (TPSA) is 46.5 Å². The van der Waals surface area contributed by atoms with Crippen LogP contribution in [0.15, 0.2) is 52.9 Å². The Morgan fingerprint density at radius 1 is 1.12 bits per heavy atom. The fourth-order valence-electron chi connectivity index (χ4n) is 2.14. The number of hydrogen-bond acceptors (Lipinski definition) is 5. The Balaban J connectivity index is 1.73. The van der Waals surface area contributed by atoms with Gasteiger partial charge in [0.15, 0.2) is 0 Å². The highest BCUT2D eigenvalue weighted by atomic mass is 35.5. The normalized spacial score (nSPS) is 11.4. The number of anilines is 1. The number of hydrogen-bond donors (Lipinski definition) is 1. The molecule has 2 aromatic carbocycles. The van der Waals surface area contributed by atoms with Crippen LogP contribution in [-0.2, 0) is 0 Å². The van der Waals surface area contributed by atoms with Crippen molar-refractivity contribution >= 4 is 45.4 Å². The molecule has 25 heavy (non-hydrogen) atoms. The van der Waals surface area contributed by atoms with Crippen molar-refractivity contribution in [2.75, 3.05) is 12.5 Å². The van der Waals surface area contributed by atoms with Crippen LogP contribution in [0.25, 0.3) is 11.3 Å². The summed E-state index contributed by atoms with van der Waals surface area (Å²) in [7, 11) is 1.65. The molecule has 1 aromatic heterocycles. The minimum absolute atomic E-state index is 0.504. The van der Waals surface area contributed by atoms with Crippen molar-refractivity contribution in [1.29, 1.82) is 0 Å². The summed E-state index contributed by atoms with van der Waals surface area (Å²) in [6, 6.07) is 13.2.